The number of carbonyl (C=O) groups is 1. The van der Waals surface area contributed by atoms with E-state index in [1.54, 1.807) is 37.0 Å². The predicted molar refractivity (Wildman–Crippen MR) is 96.5 cm³/mol. The summed E-state index contributed by atoms with van der Waals surface area (Å²) in [5, 5.41) is 10.2. The van der Waals surface area contributed by atoms with Gasteiger partial charge in [-0.3, -0.25) is 4.79 Å². The number of aliphatic carboxylic acids is 1. The molecule has 0 amide bonds. The van der Waals surface area contributed by atoms with Crippen LogP contribution in [0.1, 0.15) is 31.9 Å². The Morgan fingerprint density at radius 1 is 1.32 bits per heavy atom. The number of pyridine rings is 1. The van der Waals surface area contributed by atoms with Gasteiger partial charge in [-0.15, -0.1) is 11.8 Å². The second-order valence-corrected chi connectivity index (χ2v) is 7.70. The number of carboxylic acid groups (broad SMARTS) is 1. The molecule has 0 saturated heterocycles. The Morgan fingerprint density at radius 2 is 2.08 bits per heavy atom. The molecule has 1 N–H and O–H groups in total. The fourth-order valence-electron chi connectivity index (χ4n) is 2.25. The molecule has 0 aliphatic carbocycles. The van der Waals surface area contributed by atoms with Crippen molar-refractivity contribution >= 4 is 17.7 Å². The van der Waals surface area contributed by atoms with Crippen LogP contribution in [0.25, 0.3) is 0 Å². The zero-order valence-corrected chi connectivity index (χ0v) is 15.3. The molecule has 1 atom stereocenters. The molecule has 1 aromatic carbocycles. The number of benzene rings is 1. The zero-order chi connectivity index (χ0) is 18.4. The minimum absolute atomic E-state index is 0.149. The largest absolute Gasteiger partial charge is 0.486 e. The highest BCUT2D eigenvalue weighted by Crippen LogP contribution is 2.26. The van der Waals surface area contributed by atoms with Gasteiger partial charge in [0.1, 0.15) is 11.6 Å². The zero-order valence-electron chi connectivity index (χ0n) is 14.5. The Kier molecular flexibility index (Phi) is 6.82. The number of hydrogen-bond acceptors (Lipinski definition) is 4. The van der Waals surface area contributed by atoms with Gasteiger partial charge in [0.25, 0.3) is 0 Å². The Bertz CT molecular complexity index is 736. The summed E-state index contributed by atoms with van der Waals surface area (Å²) in [6.45, 7) is 5.99. The molecule has 0 bridgehead atoms. The lowest BCUT2D eigenvalue weighted by Crippen LogP contribution is -2.12. The maximum absolute atomic E-state index is 14.2. The van der Waals surface area contributed by atoms with Crippen molar-refractivity contribution in [2.75, 3.05) is 0 Å². The Labute approximate surface area is 151 Å². The smallest absolute Gasteiger partial charge is 0.306 e. The first-order valence-corrected chi connectivity index (χ1v) is 8.99. The summed E-state index contributed by atoms with van der Waals surface area (Å²) in [6.07, 6.45) is 2.01. The van der Waals surface area contributed by atoms with Gasteiger partial charge < -0.3 is 9.84 Å². The van der Waals surface area contributed by atoms with Gasteiger partial charge in [-0.2, -0.15) is 0 Å². The SMILES string of the molecule is CC(C)Sc1ncccc1COc1ccc(CC(C)C(=O)O)cc1F. The van der Waals surface area contributed by atoms with E-state index in [9.17, 15) is 9.18 Å². The summed E-state index contributed by atoms with van der Waals surface area (Å²) >= 11 is 1.64. The Morgan fingerprint density at radius 3 is 2.72 bits per heavy atom. The summed E-state index contributed by atoms with van der Waals surface area (Å²) in [7, 11) is 0. The van der Waals surface area contributed by atoms with Crippen molar-refractivity contribution in [1.29, 1.82) is 0 Å². The Hall–Kier alpha value is -2.08. The third kappa shape index (κ3) is 5.74. The first-order chi connectivity index (χ1) is 11.9. The van der Waals surface area contributed by atoms with Crippen LogP contribution in [0, 0.1) is 11.7 Å². The van der Waals surface area contributed by atoms with Crippen molar-refractivity contribution in [1.82, 2.24) is 4.98 Å². The fraction of sp³-hybridized carbons (Fsp3) is 0.368. The lowest BCUT2D eigenvalue weighted by Gasteiger charge is -2.13. The summed E-state index contributed by atoms with van der Waals surface area (Å²) < 4.78 is 19.8. The first kappa shape index (κ1) is 19.2. The highest BCUT2D eigenvalue weighted by Gasteiger charge is 2.14. The van der Waals surface area contributed by atoms with Gasteiger partial charge in [-0.25, -0.2) is 9.37 Å². The molecule has 0 spiro atoms. The Balaban J connectivity index is 2.05. The minimum atomic E-state index is -0.896. The molecule has 1 aromatic heterocycles. The number of hydrogen-bond donors (Lipinski definition) is 1. The lowest BCUT2D eigenvalue weighted by atomic mass is 10.0. The number of halogens is 1. The van der Waals surface area contributed by atoms with Gasteiger partial charge in [0.05, 0.1) is 5.92 Å². The number of nitrogens with zero attached hydrogens (tertiary/aromatic N) is 1. The van der Waals surface area contributed by atoms with Crippen LogP contribution >= 0.6 is 11.8 Å². The van der Waals surface area contributed by atoms with Crippen LogP contribution in [0.4, 0.5) is 4.39 Å². The summed E-state index contributed by atoms with van der Waals surface area (Å²) in [5.41, 5.74) is 1.54. The second-order valence-electron chi connectivity index (χ2n) is 6.13. The third-order valence-electron chi connectivity index (χ3n) is 3.54. The molecule has 0 fully saturated rings. The third-order valence-corrected chi connectivity index (χ3v) is 4.60. The van der Waals surface area contributed by atoms with E-state index in [1.807, 2.05) is 12.1 Å². The first-order valence-electron chi connectivity index (χ1n) is 8.11. The molecule has 0 radical (unpaired) electrons. The van der Waals surface area contributed by atoms with E-state index >= 15 is 0 Å². The van der Waals surface area contributed by atoms with Crippen molar-refractivity contribution in [3.8, 4) is 5.75 Å². The number of carboxylic acids is 1. The van der Waals surface area contributed by atoms with Crippen LogP contribution in [0.2, 0.25) is 0 Å². The molecule has 134 valence electrons. The second kappa shape index (κ2) is 8.85. The molecule has 6 heteroatoms. The molecule has 0 saturated carbocycles. The summed E-state index contributed by atoms with van der Waals surface area (Å²) in [6, 6.07) is 8.33. The molecular weight excluding hydrogens is 341 g/mol. The topological polar surface area (TPSA) is 59.4 Å². The average Bonchev–Trinajstić information content (AvgIpc) is 2.54. The normalized spacial score (nSPS) is 12.2. The van der Waals surface area contributed by atoms with E-state index in [-0.39, 0.29) is 18.8 Å². The molecule has 4 nitrogen and oxygen atoms in total. The summed E-state index contributed by atoms with van der Waals surface area (Å²) in [5.74, 6) is -1.79. The molecule has 0 aliphatic rings. The van der Waals surface area contributed by atoms with E-state index < -0.39 is 17.7 Å². The predicted octanol–water partition coefficient (Wildman–Crippen LogP) is 4.56. The maximum Gasteiger partial charge on any atom is 0.306 e. The van der Waals surface area contributed by atoms with Crippen LogP contribution < -0.4 is 4.74 Å². The molecule has 25 heavy (non-hydrogen) atoms. The van der Waals surface area contributed by atoms with Crippen molar-refractivity contribution in [2.45, 2.75) is 44.1 Å². The van der Waals surface area contributed by atoms with Crippen LogP contribution in [0.3, 0.4) is 0 Å². The molecular formula is C19H22FNO3S. The van der Waals surface area contributed by atoms with Crippen LogP contribution in [0.15, 0.2) is 41.6 Å². The molecule has 0 aliphatic heterocycles. The van der Waals surface area contributed by atoms with Crippen molar-refractivity contribution in [3.63, 3.8) is 0 Å². The van der Waals surface area contributed by atoms with Crippen LogP contribution in [0.5, 0.6) is 5.75 Å². The highest BCUT2D eigenvalue weighted by atomic mass is 32.2. The molecule has 2 aromatic rings. The van der Waals surface area contributed by atoms with E-state index in [0.29, 0.717) is 10.8 Å². The molecule has 1 unspecified atom stereocenters. The van der Waals surface area contributed by atoms with Gasteiger partial charge in [0.2, 0.25) is 0 Å². The fourth-order valence-corrected chi connectivity index (χ4v) is 3.09. The monoisotopic (exact) mass is 363 g/mol. The van der Waals surface area contributed by atoms with E-state index in [4.69, 9.17) is 9.84 Å². The van der Waals surface area contributed by atoms with Crippen molar-refractivity contribution < 1.29 is 19.0 Å². The summed E-state index contributed by atoms with van der Waals surface area (Å²) in [4.78, 5) is 15.2. The maximum atomic E-state index is 14.2. The van der Waals surface area contributed by atoms with Crippen LogP contribution in [-0.2, 0) is 17.8 Å². The number of aromatic nitrogens is 1. The molecule has 2 rings (SSSR count). The van der Waals surface area contributed by atoms with E-state index in [1.165, 1.54) is 6.07 Å². The van der Waals surface area contributed by atoms with E-state index in [0.717, 1.165) is 10.6 Å². The average molecular weight is 363 g/mol. The lowest BCUT2D eigenvalue weighted by molar-refractivity contribution is -0.141. The number of ether oxygens (including phenoxy) is 1. The van der Waals surface area contributed by atoms with E-state index in [2.05, 4.69) is 18.8 Å². The van der Waals surface area contributed by atoms with Crippen LogP contribution in [-0.4, -0.2) is 21.3 Å². The van der Waals surface area contributed by atoms with Gasteiger partial charge in [0, 0.05) is 17.0 Å². The number of thioether (sulfide) groups is 1. The number of rotatable bonds is 8. The van der Waals surface area contributed by atoms with Gasteiger partial charge in [0.15, 0.2) is 11.6 Å². The highest BCUT2D eigenvalue weighted by molar-refractivity contribution is 7.99. The quantitative estimate of drug-likeness (QED) is 0.697. The van der Waals surface area contributed by atoms with Crippen molar-refractivity contribution in [3.05, 3.63) is 53.5 Å². The van der Waals surface area contributed by atoms with Crippen molar-refractivity contribution in [2.24, 2.45) is 5.92 Å². The van der Waals surface area contributed by atoms with Gasteiger partial charge in [-0.05, 0) is 30.2 Å². The minimum Gasteiger partial charge on any atom is -0.486 e. The standard InChI is InChI=1S/C19H22FNO3S/c1-12(2)25-18-15(5-4-8-21-18)11-24-17-7-6-14(10-16(17)20)9-13(3)19(22)23/h4-8,10,12-13H,9,11H2,1-3H3,(H,22,23). The van der Waals surface area contributed by atoms with Gasteiger partial charge >= 0.3 is 5.97 Å². The van der Waals surface area contributed by atoms with Gasteiger partial charge in [-0.1, -0.05) is 32.9 Å². The molecule has 1 heterocycles.